The topological polar surface area (TPSA) is 56.0 Å². The molecule has 1 aliphatic carbocycles. The normalized spacial score (nSPS) is 33.5. The molecule has 6 heteroatoms. The molecule has 3 atom stereocenters. The van der Waals surface area contributed by atoms with E-state index in [1.54, 1.807) is 0 Å². The van der Waals surface area contributed by atoms with Gasteiger partial charge in [0.05, 0.1) is 17.0 Å². The quantitative estimate of drug-likeness (QED) is 0.704. The number of nitrogens with two attached hydrogens (primary N) is 1. The first-order valence-corrected chi connectivity index (χ1v) is 11.1. The van der Waals surface area contributed by atoms with Crippen LogP contribution in [0.15, 0.2) is 0 Å². The van der Waals surface area contributed by atoms with E-state index in [0.717, 1.165) is 77.7 Å². The van der Waals surface area contributed by atoms with Gasteiger partial charge < -0.3 is 20.6 Å². The molecule has 152 valence electrons. The van der Waals surface area contributed by atoms with Crippen LogP contribution < -0.4 is 5.73 Å². The monoisotopic (exact) mass is 386 g/mol. The third-order valence-corrected chi connectivity index (χ3v) is 7.47. The van der Waals surface area contributed by atoms with Gasteiger partial charge in [-0.15, -0.1) is 11.6 Å². The third kappa shape index (κ3) is 4.92. The minimum absolute atomic E-state index is 0.128. The number of alkyl halides is 1. The Kier molecular flexibility index (Phi) is 7.25. The summed E-state index contributed by atoms with van der Waals surface area (Å²) in [5, 5.41) is 11.7. The Hall–Kier alpha value is 0.0900. The van der Waals surface area contributed by atoms with Crippen molar-refractivity contribution >= 4 is 11.6 Å². The van der Waals surface area contributed by atoms with Gasteiger partial charge in [-0.05, 0) is 59.3 Å². The van der Waals surface area contributed by atoms with Crippen LogP contribution in [0.3, 0.4) is 0 Å². The highest BCUT2D eigenvalue weighted by Gasteiger charge is 2.44. The number of hydrogen-bond donors (Lipinski definition) is 2. The maximum Gasteiger partial charge on any atom is 0.0814 e. The van der Waals surface area contributed by atoms with E-state index in [1.807, 2.05) is 0 Å². The zero-order chi connectivity index (χ0) is 18.7. The average molecular weight is 387 g/mol. The summed E-state index contributed by atoms with van der Waals surface area (Å²) in [4.78, 5) is 7.30. The lowest BCUT2D eigenvalue weighted by Gasteiger charge is -2.50. The number of halogens is 1. The van der Waals surface area contributed by atoms with Gasteiger partial charge in [0.15, 0.2) is 0 Å². The molecule has 0 bridgehead atoms. The molecule has 3 rings (SSSR count). The minimum Gasteiger partial charge on any atom is -0.388 e. The molecule has 26 heavy (non-hydrogen) atoms. The zero-order valence-electron chi connectivity index (χ0n) is 16.7. The summed E-state index contributed by atoms with van der Waals surface area (Å²) in [7, 11) is 4.25. The van der Waals surface area contributed by atoms with Gasteiger partial charge in [0, 0.05) is 31.7 Å². The van der Waals surface area contributed by atoms with E-state index in [-0.39, 0.29) is 11.4 Å². The molecular weight excluding hydrogens is 348 g/mol. The zero-order valence-corrected chi connectivity index (χ0v) is 17.5. The number of piperidine rings is 2. The Labute approximate surface area is 164 Å². The second kappa shape index (κ2) is 9.06. The van der Waals surface area contributed by atoms with E-state index in [0.29, 0.717) is 12.1 Å². The first-order chi connectivity index (χ1) is 12.4. The van der Waals surface area contributed by atoms with Crippen molar-refractivity contribution in [2.24, 2.45) is 5.73 Å². The minimum atomic E-state index is -0.556. The summed E-state index contributed by atoms with van der Waals surface area (Å²) in [6.45, 7) is 5.00. The number of nitrogens with zero attached hydrogens (tertiary/aromatic N) is 3. The Morgan fingerprint density at radius 2 is 1.77 bits per heavy atom. The maximum absolute atomic E-state index is 11.6. The van der Waals surface area contributed by atoms with Crippen molar-refractivity contribution in [2.45, 2.75) is 80.5 Å². The Morgan fingerprint density at radius 1 is 1.12 bits per heavy atom. The molecule has 3 N–H and O–H groups in total. The first-order valence-electron chi connectivity index (χ1n) is 10.6. The fraction of sp³-hybridized carbons (Fsp3) is 1.00. The van der Waals surface area contributed by atoms with Crippen LogP contribution in [0.4, 0.5) is 0 Å². The van der Waals surface area contributed by atoms with Crippen molar-refractivity contribution in [1.82, 2.24) is 14.7 Å². The van der Waals surface area contributed by atoms with Gasteiger partial charge in [0.2, 0.25) is 0 Å². The van der Waals surface area contributed by atoms with Gasteiger partial charge in [0.25, 0.3) is 0 Å². The summed E-state index contributed by atoms with van der Waals surface area (Å²) >= 11 is 6.77. The van der Waals surface area contributed by atoms with E-state index in [1.165, 1.54) is 6.42 Å². The van der Waals surface area contributed by atoms with E-state index >= 15 is 0 Å². The lowest BCUT2D eigenvalue weighted by molar-refractivity contribution is -0.0903. The third-order valence-electron chi connectivity index (χ3n) is 7.05. The number of likely N-dealkylation sites (tertiary alicyclic amines) is 2. The molecular formula is C20H39ClN4O. The second-order valence-electron chi connectivity index (χ2n) is 9.15. The number of hydrogen-bond acceptors (Lipinski definition) is 5. The molecule has 3 aliphatic rings. The van der Waals surface area contributed by atoms with Crippen molar-refractivity contribution < 1.29 is 5.11 Å². The Balaban J connectivity index is 1.70. The Morgan fingerprint density at radius 3 is 2.35 bits per heavy atom. The van der Waals surface area contributed by atoms with Crippen molar-refractivity contribution in [3.05, 3.63) is 0 Å². The van der Waals surface area contributed by atoms with Crippen LogP contribution in [0.2, 0.25) is 0 Å². The summed E-state index contributed by atoms with van der Waals surface area (Å²) < 4.78 is 0. The summed E-state index contributed by atoms with van der Waals surface area (Å²) in [6.07, 6.45) is 8.66. The van der Waals surface area contributed by atoms with Gasteiger partial charge in [-0.1, -0.05) is 19.3 Å². The van der Waals surface area contributed by atoms with Crippen LogP contribution in [0.1, 0.15) is 51.4 Å². The maximum atomic E-state index is 11.6. The van der Waals surface area contributed by atoms with E-state index in [9.17, 15) is 5.11 Å². The van der Waals surface area contributed by atoms with E-state index < -0.39 is 5.60 Å². The van der Waals surface area contributed by atoms with Gasteiger partial charge in [-0.2, -0.15) is 0 Å². The molecule has 3 fully saturated rings. The fourth-order valence-electron chi connectivity index (χ4n) is 5.28. The molecule has 1 saturated carbocycles. The van der Waals surface area contributed by atoms with Crippen LogP contribution in [-0.2, 0) is 0 Å². The summed E-state index contributed by atoms with van der Waals surface area (Å²) in [6, 6.07) is 0.981. The summed E-state index contributed by atoms with van der Waals surface area (Å²) in [5.41, 5.74) is 5.54. The molecule has 0 amide bonds. The smallest absolute Gasteiger partial charge is 0.0814 e. The van der Waals surface area contributed by atoms with Crippen LogP contribution in [0.25, 0.3) is 0 Å². The largest absolute Gasteiger partial charge is 0.388 e. The summed E-state index contributed by atoms with van der Waals surface area (Å²) in [5.74, 6) is 0. The van der Waals surface area contributed by atoms with Gasteiger partial charge in [0.1, 0.15) is 0 Å². The number of aliphatic hydroxyl groups is 1. The Bertz CT molecular complexity index is 436. The van der Waals surface area contributed by atoms with Crippen molar-refractivity contribution in [2.75, 3.05) is 46.8 Å². The standard InChI is InChI=1S/C20H39ClN4O/c1-23(2)18-8-13-25(14-17(18)21)19(20(26)9-4-3-5-10-20)15-24-11-6-16(22)7-12-24/h16-19,26H,3-15,22H2,1-2H3. The van der Waals surface area contributed by atoms with E-state index in [2.05, 4.69) is 28.8 Å². The van der Waals surface area contributed by atoms with Crippen molar-refractivity contribution in [1.29, 1.82) is 0 Å². The van der Waals surface area contributed by atoms with Crippen LogP contribution in [-0.4, -0.2) is 95.7 Å². The van der Waals surface area contributed by atoms with Crippen LogP contribution >= 0.6 is 11.6 Å². The molecule has 0 aromatic carbocycles. The SMILES string of the molecule is CN(C)C1CCN(C(CN2CCC(N)CC2)C2(O)CCCCC2)CC1Cl. The number of rotatable bonds is 5. The molecule has 3 unspecified atom stereocenters. The average Bonchev–Trinajstić information content (AvgIpc) is 2.61. The molecule has 2 aliphatic heterocycles. The molecule has 2 saturated heterocycles. The molecule has 0 aromatic heterocycles. The van der Waals surface area contributed by atoms with Crippen molar-refractivity contribution in [3.63, 3.8) is 0 Å². The molecule has 2 heterocycles. The van der Waals surface area contributed by atoms with Crippen LogP contribution in [0.5, 0.6) is 0 Å². The first kappa shape index (κ1) is 20.8. The fourth-order valence-corrected chi connectivity index (χ4v) is 5.81. The highest BCUT2D eigenvalue weighted by atomic mass is 35.5. The van der Waals surface area contributed by atoms with Gasteiger partial charge in [-0.25, -0.2) is 0 Å². The molecule has 0 aromatic rings. The second-order valence-corrected chi connectivity index (χ2v) is 9.71. The lowest BCUT2D eigenvalue weighted by atomic mass is 9.77. The van der Waals surface area contributed by atoms with Crippen molar-refractivity contribution in [3.8, 4) is 0 Å². The highest BCUT2D eigenvalue weighted by molar-refractivity contribution is 6.21. The van der Waals surface area contributed by atoms with Crippen LogP contribution in [0, 0.1) is 0 Å². The molecule has 0 spiro atoms. The van der Waals surface area contributed by atoms with Gasteiger partial charge >= 0.3 is 0 Å². The molecule has 5 nitrogen and oxygen atoms in total. The lowest BCUT2D eigenvalue weighted by Crippen LogP contribution is -2.63. The van der Waals surface area contributed by atoms with E-state index in [4.69, 9.17) is 17.3 Å². The van der Waals surface area contributed by atoms with Gasteiger partial charge in [-0.3, -0.25) is 4.90 Å². The highest BCUT2D eigenvalue weighted by Crippen LogP contribution is 2.36. The molecule has 0 radical (unpaired) electrons. The predicted octanol–water partition coefficient (Wildman–Crippen LogP) is 1.72. The predicted molar refractivity (Wildman–Crippen MR) is 109 cm³/mol.